The average Bonchev–Trinajstić information content (AvgIpc) is 3.64. The summed E-state index contributed by atoms with van der Waals surface area (Å²) in [5, 5.41) is 3.06. The number of nitrogens with zero attached hydrogens (tertiary/aromatic N) is 1. The van der Waals surface area contributed by atoms with Crippen molar-refractivity contribution in [2.45, 2.75) is 354 Å². The first kappa shape index (κ1) is 85.9. The predicted octanol–water partition coefficient (Wildman–Crippen LogP) is 24.2. The van der Waals surface area contributed by atoms with E-state index in [4.69, 9.17) is 13.8 Å². The highest BCUT2D eigenvalue weighted by atomic mass is 31.2. The van der Waals surface area contributed by atoms with Crippen LogP contribution in [0.4, 0.5) is 0 Å². The van der Waals surface area contributed by atoms with Crippen LogP contribution >= 0.6 is 7.82 Å². The number of esters is 1. The lowest BCUT2D eigenvalue weighted by Gasteiger charge is -2.27. The summed E-state index contributed by atoms with van der Waals surface area (Å²) < 4.78 is 30.9. The second-order valence-corrected chi connectivity index (χ2v) is 27.9. The Morgan fingerprint density at radius 2 is 0.719 bits per heavy atom. The van der Waals surface area contributed by atoms with E-state index in [1.807, 2.05) is 33.3 Å². The number of nitrogens with one attached hydrogen (secondary N) is 1. The molecule has 0 aliphatic rings. The topological polar surface area (TPSA) is 111 Å². The van der Waals surface area contributed by atoms with E-state index in [2.05, 4.69) is 111 Å². The quantitative estimate of drug-likeness (QED) is 0.0205. The van der Waals surface area contributed by atoms with E-state index in [-0.39, 0.29) is 31.5 Å². The second kappa shape index (κ2) is 67.8. The van der Waals surface area contributed by atoms with Crippen molar-refractivity contribution >= 4 is 19.7 Å². The fourth-order valence-electron chi connectivity index (χ4n) is 10.8. The van der Waals surface area contributed by atoms with Gasteiger partial charge >= 0.3 is 13.8 Å². The summed E-state index contributed by atoms with van der Waals surface area (Å²) in [6.07, 6.45) is 92.9. The zero-order valence-corrected chi connectivity index (χ0v) is 60.1. The molecule has 0 radical (unpaired) electrons. The van der Waals surface area contributed by atoms with Gasteiger partial charge in [-0.2, -0.15) is 0 Å². The molecule has 0 aromatic heterocycles. The van der Waals surface area contributed by atoms with Gasteiger partial charge in [-0.1, -0.05) is 317 Å². The van der Waals surface area contributed by atoms with E-state index < -0.39 is 20.0 Å². The van der Waals surface area contributed by atoms with Gasteiger partial charge < -0.3 is 19.4 Å². The Morgan fingerprint density at radius 3 is 1.09 bits per heavy atom. The number of phosphoric ester groups is 1. The van der Waals surface area contributed by atoms with E-state index in [0.29, 0.717) is 23.9 Å². The van der Waals surface area contributed by atoms with E-state index in [1.54, 1.807) is 0 Å². The van der Waals surface area contributed by atoms with Crippen LogP contribution in [0.3, 0.4) is 0 Å². The van der Waals surface area contributed by atoms with Crippen molar-refractivity contribution in [3.8, 4) is 0 Å². The molecule has 2 N–H and O–H groups in total. The number of allylic oxidation sites excluding steroid dienone is 15. The standard InChI is InChI=1S/C79H143N2O7P/c1-7-10-13-16-19-22-25-28-30-32-34-36-38-39-40-41-43-45-47-49-51-54-57-60-63-66-69-72-79(83)88-77(70-67-64-61-58-55-52-27-24-21-18-15-12-9-3)76(75-87-89(84,85)86-74-73-81(4,5)6)80-78(82)71-68-65-62-59-56-53-50-48-46-44-42-37-35-33-31-29-26-23-20-17-14-11-8-2/h11,14,20,23,28-31,35,37,44,46,50,53,67,70,76-77H,7-10,12-13,15-19,21-22,24-27,32-34,36,38-43,45,47-49,51-52,54-66,68-69,71-75H2,1-6H3,(H-,80,82,84,85)/p+1/b14-11-,23-20-,30-28+,31-29-,37-35-,46-44-,53-50-,70-67+. The number of hydrogen-bond acceptors (Lipinski definition) is 6. The molecule has 3 atom stereocenters. The summed E-state index contributed by atoms with van der Waals surface area (Å²) in [6, 6.07) is -0.868. The molecular formula is C79H144N2O7P+. The largest absolute Gasteiger partial charge is 0.472 e. The van der Waals surface area contributed by atoms with Gasteiger partial charge in [-0.25, -0.2) is 4.57 Å². The van der Waals surface area contributed by atoms with Gasteiger partial charge in [-0.05, 0) is 109 Å². The molecule has 0 heterocycles. The van der Waals surface area contributed by atoms with Crippen LogP contribution in [0.5, 0.6) is 0 Å². The summed E-state index contributed by atoms with van der Waals surface area (Å²) in [5.74, 6) is -0.526. The molecule has 0 aliphatic heterocycles. The zero-order valence-electron chi connectivity index (χ0n) is 59.2. The molecule has 1 amide bonds. The number of quaternary nitrogens is 1. The lowest BCUT2D eigenvalue weighted by atomic mass is 10.0. The van der Waals surface area contributed by atoms with Crippen LogP contribution in [-0.2, 0) is 27.9 Å². The fraction of sp³-hybridized carbons (Fsp3) is 0.772. The summed E-state index contributed by atoms with van der Waals surface area (Å²) in [7, 11) is 1.48. The molecule has 10 heteroatoms. The number of hydrogen-bond donors (Lipinski definition) is 2. The molecule has 3 unspecified atom stereocenters. The third kappa shape index (κ3) is 69.1. The Bertz CT molecular complexity index is 1840. The first-order valence-corrected chi connectivity index (χ1v) is 39.1. The number of amides is 1. The average molecular weight is 1270 g/mol. The molecule has 0 fully saturated rings. The van der Waals surface area contributed by atoms with Crippen molar-refractivity contribution in [3.63, 3.8) is 0 Å². The van der Waals surface area contributed by atoms with Gasteiger partial charge in [0, 0.05) is 12.8 Å². The maximum absolute atomic E-state index is 13.6. The smallest absolute Gasteiger partial charge is 0.456 e. The van der Waals surface area contributed by atoms with Crippen molar-refractivity contribution in [1.82, 2.24) is 5.32 Å². The predicted molar refractivity (Wildman–Crippen MR) is 387 cm³/mol. The molecule has 0 bridgehead atoms. The molecular weight excluding hydrogens is 1120 g/mol. The number of carbonyl (C=O) groups is 2. The van der Waals surface area contributed by atoms with Gasteiger partial charge in [0.15, 0.2) is 0 Å². The maximum atomic E-state index is 13.6. The van der Waals surface area contributed by atoms with Gasteiger partial charge in [0.2, 0.25) is 5.91 Å². The molecule has 0 rings (SSSR count). The summed E-state index contributed by atoms with van der Waals surface area (Å²) in [6.45, 7) is 6.91. The molecule has 0 aliphatic carbocycles. The molecule has 516 valence electrons. The highest BCUT2D eigenvalue weighted by Gasteiger charge is 2.30. The first-order chi connectivity index (χ1) is 43.4. The van der Waals surface area contributed by atoms with Crippen LogP contribution in [0.1, 0.15) is 342 Å². The molecule has 0 aromatic carbocycles. The monoisotopic (exact) mass is 1260 g/mol. The number of likely N-dealkylation sites (N-methyl/N-ethyl adjacent to an activating group) is 1. The Morgan fingerprint density at radius 1 is 0.404 bits per heavy atom. The van der Waals surface area contributed by atoms with Gasteiger partial charge in [0.1, 0.15) is 19.3 Å². The third-order valence-corrected chi connectivity index (χ3v) is 17.5. The number of carbonyl (C=O) groups excluding carboxylic acids is 2. The van der Waals surface area contributed by atoms with Crippen LogP contribution < -0.4 is 5.32 Å². The van der Waals surface area contributed by atoms with Crippen molar-refractivity contribution in [1.29, 1.82) is 0 Å². The molecule has 0 spiro atoms. The summed E-state index contributed by atoms with van der Waals surface area (Å²) in [4.78, 5) is 38.0. The summed E-state index contributed by atoms with van der Waals surface area (Å²) in [5.41, 5.74) is 0. The van der Waals surface area contributed by atoms with Crippen molar-refractivity contribution in [2.75, 3.05) is 40.9 Å². The lowest BCUT2D eigenvalue weighted by Crippen LogP contribution is -2.47. The van der Waals surface area contributed by atoms with Gasteiger partial charge in [-0.15, -0.1) is 0 Å². The molecule has 0 aromatic rings. The molecule has 0 saturated carbocycles. The normalized spacial score (nSPS) is 14.0. The minimum atomic E-state index is -4.47. The van der Waals surface area contributed by atoms with E-state index in [1.165, 1.54) is 199 Å². The summed E-state index contributed by atoms with van der Waals surface area (Å²) >= 11 is 0. The fourth-order valence-corrected chi connectivity index (χ4v) is 11.5. The van der Waals surface area contributed by atoms with Gasteiger partial charge in [0.05, 0.1) is 33.8 Å². The minimum absolute atomic E-state index is 0.0319. The van der Waals surface area contributed by atoms with E-state index in [0.717, 1.165) is 103 Å². The molecule has 9 nitrogen and oxygen atoms in total. The maximum Gasteiger partial charge on any atom is 0.472 e. The van der Waals surface area contributed by atoms with E-state index >= 15 is 0 Å². The van der Waals surface area contributed by atoms with Crippen LogP contribution in [0.2, 0.25) is 0 Å². The molecule has 89 heavy (non-hydrogen) atoms. The third-order valence-electron chi connectivity index (χ3n) is 16.5. The first-order valence-electron chi connectivity index (χ1n) is 37.6. The van der Waals surface area contributed by atoms with Crippen LogP contribution in [-0.4, -0.2) is 74.3 Å². The van der Waals surface area contributed by atoms with Gasteiger partial charge in [0.25, 0.3) is 0 Å². The number of unbranched alkanes of at least 4 members (excludes halogenated alkanes) is 38. The SMILES string of the molecule is CC/C=C\C/C=C\C/C=C\C/C=C\C/C=C\C/C=C\CCCCCCC(=O)NC(COP(=O)(O)OCC[N+](C)(C)C)C(/C=C/CCCCCCCCCCCCC)OC(=O)CCCCCCCCCCCCCCCCCCC/C=C/CCCCCCCC. The Kier molecular flexibility index (Phi) is 65.5. The highest BCUT2D eigenvalue weighted by Crippen LogP contribution is 2.43. The Balaban J connectivity index is 5.07. The number of rotatable bonds is 68. The number of ether oxygens (including phenoxy) is 1. The zero-order chi connectivity index (χ0) is 64.9. The van der Waals surface area contributed by atoms with Crippen molar-refractivity contribution < 1.29 is 37.3 Å². The minimum Gasteiger partial charge on any atom is -0.456 e. The molecule has 0 saturated heterocycles. The van der Waals surface area contributed by atoms with Crippen LogP contribution in [0, 0.1) is 0 Å². The van der Waals surface area contributed by atoms with Crippen molar-refractivity contribution in [3.05, 3.63) is 97.2 Å². The van der Waals surface area contributed by atoms with Crippen LogP contribution in [0.15, 0.2) is 97.2 Å². The second-order valence-electron chi connectivity index (χ2n) is 26.4. The van der Waals surface area contributed by atoms with Gasteiger partial charge in [-0.3, -0.25) is 18.6 Å². The van der Waals surface area contributed by atoms with Crippen LogP contribution in [0.25, 0.3) is 0 Å². The van der Waals surface area contributed by atoms with E-state index in [9.17, 15) is 19.0 Å². The highest BCUT2D eigenvalue weighted by molar-refractivity contribution is 7.47. The lowest BCUT2D eigenvalue weighted by molar-refractivity contribution is -0.870. The Labute approximate surface area is 551 Å². The Hall–Kier alpha value is -3.07. The van der Waals surface area contributed by atoms with Crippen molar-refractivity contribution in [2.24, 2.45) is 0 Å². The number of phosphoric acid groups is 1.